The van der Waals surface area contributed by atoms with Crippen molar-refractivity contribution >= 4 is 11.9 Å². The minimum absolute atomic E-state index is 0.0617. The van der Waals surface area contributed by atoms with Crippen LogP contribution in [0.3, 0.4) is 0 Å². The van der Waals surface area contributed by atoms with Gasteiger partial charge in [-0.3, -0.25) is 4.79 Å². The van der Waals surface area contributed by atoms with Crippen LogP contribution < -0.4 is 15.0 Å². The molecule has 1 atom stereocenters. The third-order valence-electron chi connectivity index (χ3n) is 5.68. The molecular formula is C26H30N4O2. The van der Waals surface area contributed by atoms with E-state index in [0.29, 0.717) is 25.6 Å². The summed E-state index contributed by atoms with van der Waals surface area (Å²) in [6, 6.07) is 18.0. The lowest BCUT2D eigenvalue weighted by Gasteiger charge is -2.32. The van der Waals surface area contributed by atoms with Crippen LogP contribution in [-0.2, 0) is 11.3 Å². The van der Waals surface area contributed by atoms with Crippen molar-refractivity contribution in [1.29, 1.82) is 0 Å². The zero-order valence-electron chi connectivity index (χ0n) is 18.5. The molecule has 1 aliphatic rings. The topological polar surface area (TPSA) is 67.3 Å². The lowest BCUT2D eigenvalue weighted by Crippen LogP contribution is -2.43. The Hall–Kier alpha value is -3.41. The number of rotatable bonds is 8. The molecular weight excluding hydrogens is 400 g/mol. The first-order valence-corrected chi connectivity index (χ1v) is 11.3. The Balaban J connectivity index is 1.31. The average molecular weight is 431 g/mol. The standard InChI is InChI=1S/C26H30N4O2/c1-2-15-32-24-12-10-20(11-13-24)16-27-25(31)22-9-6-14-30(19-22)26-28-17-23(18-29-26)21-7-4-3-5-8-21/h3-5,7-8,10-13,17-18,22H,2,6,9,14-16,19H2,1H3,(H,27,31). The number of nitrogens with one attached hydrogen (secondary N) is 1. The monoisotopic (exact) mass is 430 g/mol. The van der Waals surface area contributed by atoms with Gasteiger partial charge in [-0.15, -0.1) is 0 Å². The number of nitrogens with zero attached hydrogens (tertiary/aromatic N) is 3. The van der Waals surface area contributed by atoms with Gasteiger partial charge in [-0.2, -0.15) is 0 Å². The van der Waals surface area contributed by atoms with Crippen molar-refractivity contribution in [3.05, 3.63) is 72.6 Å². The quantitative estimate of drug-likeness (QED) is 0.571. The SMILES string of the molecule is CCCOc1ccc(CNC(=O)C2CCCN(c3ncc(-c4ccccc4)cn3)C2)cc1. The van der Waals surface area contributed by atoms with Gasteiger partial charge in [0, 0.05) is 37.6 Å². The second-order valence-electron chi connectivity index (χ2n) is 8.13. The number of ether oxygens (including phenoxy) is 1. The molecule has 166 valence electrons. The molecule has 1 unspecified atom stereocenters. The van der Waals surface area contributed by atoms with Crippen molar-refractivity contribution in [3.63, 3.8) is 0 Å². The van der Waals surface area contributed by atoms with E-state index in [1.54, 1.807) is 0 Å². The highest BCUT2D eigenvalue weighted by Crippen LogP contribution is 2.23. The van der Waals surface area contributed by atoms with Crippen LogP contribution in [-0.4, -0.2) is 35.6 Å². The van der Waals surface area contributed by atoms with Gasteiger partial charge in [0.05, 0.1) is 12.5 Å². The number of piperidine rings is 1. The number of hydrogen-bond donors (Lipinski definition) is 1. The number of carbonyl (C=O) groups excluding carboxylic acids is 1. The molecule has 32 heavy (non-hydrogen) atoms. The van der Waals surface area contributed by atoms with E-state index < -0.39 is 0 Å². The third-order valence-corrected chi connectivity index (χ3v) is 5.68. The van der Waals surface area contributed by atoms with Crippen LogP contribution in [0.5, 0.6) is 5.75 Å². The van der Waals surface area contributed by atoms with Gasteiger partial charge in [0.2, 0.25) is 11.9 Å². The number of benzene rings is 2. The number of carbonyl (C=O) groups is 1. The molecule has 0 bridgehead atoms. The number of amides is 1. The van der Waals surface area contributed by atoms with E-state index >= 15 is 0 Å². The molecule has 0 spiro atoms. The summed E-state index contributed by atoms with van der Waals surface area (Å²) >= 11 is 0. The van der Waals surface area contributed by atoms with Crippen LogP contribution in [0.15, 0.2) is 67.0 Å². The van der Waals surface area contributed by atoms with E-state index in [1.165, 1.54) is 0 Å². The molecule has 3 aromatic rings. The summed E-state index contributed by atoms with van der Waals surface area (Å²) in [5.74, 6) is 1.57. The Morgan fingerprint density at radius 2 is 1.81 bits per heavy atom. The Morgan fingerprint density at radius 1 is 1.06 bits per heavy atom. The van der Waals surface area contributed by atoms with Gasteiger partial charge in [0.1, 0.15) is 5.75 Å². The molecule has 1 fully saturated rings. The predicted octanol–water partition coefficient (Wildman–Crippen LogP) is 4.47. The van der Waals surface area contributed by atoms with Gasteiger partial charge >= 0.3 is 0 Å². The van der Waals surface area contributed by atoms with Crippen molar-refractivity contribution in [1.82, 2.24) is 15.3 Å². The van der Waals surface area contributed by atoms with Crippen LogP contribution in [0.25, 0.3) is 11.1 Å². The van der Waals surface area contributed by atoms with Crippen LogP contribution >= 0.6 is 0 Å². The van der Waals surface area contributed by atoms with E-state index in [-0.39, 0.29) is 11.8 Å². The summed E-state index contributed by atoms with van der Waals surface area (Å²) in [7, 11) is 0. The first-order chi connectivity index (χ1) is 15.7. The maximum absolute atomic E-state index is 12.8. The zero-order chi connectivity index (χ0) is 22.2. The van der Waals surface area contributed by atoms with Crippen LogP contribution in [0, 0.1) is 5.92 Å². The summed E-state index contributed by atoms with van der Waals surface area (Å²) in [6.45, 7) is 4.83. The Morgan fingerprint density at radius 3 is 2.53 bits per heavy atom. The van der Waals surface area contributed by atoms with Crippen molar-refractivity contribution in [2.75, 3.05) is 24.6 Å². The van der Waals surface area contributed by atoms with Crippen LogP contribution in [0.1, 0.15) is 31.7 Å². The fourth-order valence-corrected chi connectivity index (χ4v) is 3.89. The molecule has 6 nitrogen and oxygen atoms in total. The lowest BCUT2D eigenvalue weighted by molar-refractivity contribution is -0.125. The first kappa shape index (κ1) is 21.8. The van der Waals surface area contributed by atoms with Gasteiger partial charge < -0.3 is 15.0 Å². The van der Waals surface area contributed by atoms with Gasteiger partial charge in [0.15, 0.2) is 0 Å². The summed E-state index contributed by atoms with van der Waals surface area (Å²) in [4.78, 5) is 24.0. The van der Waals surface area contributed by atoms with Crippen molar-refractivity contribution in [2.24, 2.45) is 5.92 Å². The molecule has 1 aliphatic heterocycles. The van der Waals surface area contributed by atoms with Gasteiger partial charge in [-0.05, 0) is 42.5 Å². The molecule has 2 aromatic carbocycles. The van der Waals surface area contributed by atoms with Crippen molar-refractivity contribution in [3.8, 4) is 16.9 Å². The smallest absolute Gasteiger partial charge is 0.225 e. The van der Waals surface area contributed by atoms with Gasteiger partial charge in [-0.25, -0.2) is 9.97 Å². The Kier molecular flexibility index (Phi) is 7.33. The largest absolute Gasteiger partial charge is 0.494 e. The highest BCUT2D eigenvalue weighted by Gasteiger charge is 2.27. The Bertz CT molecular complexity index is 991. The maximum Gasteiger partial charge on any atom is 0.225 e. The second kappa shape index (κ2) is 10.8. The summed E-state index contributed by atoms with van der Waals surface area (Å²) in [5.41, 5.74) is 3.15. The molecule has 0 saturated carbocycles. The molecule has 1 aromatic heterocycles. The lowest BCUT2D eigenvalue weighted by atomic mass is 9.97. The third kappa shape index (κ3) is 5.63. The second-order valence-corrected chi connectivity index (χ2v) is 8.13. The van der Waals surface area contributed by atoms with Gasteiger partial charge in [-0.1, -0.05) is 49.4 Å². The minimum Gasteiger partial charge on any atom is -0.494 e. The van der Waals surface area contributed by atoms with E-state index in [0.717, 1.165) is 48.2 Å². The van der Waals surface area contributed by atoms with E-state index in [4.69, 9.17) is 4.74 Å². The first-order valence-electron chi connectivity index (χ1n) is 11.3. The van der Waals surface area contributed by atoms with Crippen molar-refractivity contribution in [2.45, 2.75) is 32.7 Å². The summed E-state index contributed by atoms with van der Waals surface area (Å²) in [5, 5.41) is 3.09. The predicted molar refractivity (Wildman–Crippen MR) is 126 cm³/mol. The molecule has 1 N–H and O–H groups in total. The summed E-state index contributed by atoms with van der Waals surface area (Å²) < 4.78 is 5.61. The van der Waals surface area contributed by atoms with Crippen LogP contribution in [0.2, 0.25) is 0 Å². The van der Waals surface area contributed by atoms with Crippen molar-refractivity contribution < 1.29 is 9.53 Å². The molecule has 2 heterocycles. The molecule has 6 heteroatoms. The average Bonchev–Trinajstić information content (AvgIpc) is 2.87. The highest BCUT2D eigenvalue weighted by atomic mass is 16.5. The van der Waals surface area contributed by atoms with Gasteiger partial charge in [0.25, 0.3) is 0 Å². The van der Waals surface area contributed by atoms with Crippen LogP contribution in [0.4, 0.5) is 5.95 Å². The molecule has 1 saturated heterocycles. The molecule has 0 radical (unpaired) electrons. The number of aromatic nitrogens is 2. The maximum atomic E-state index is 12.8. The number of anilines is 1. The molecule has 4 rings (SSSR count). The van der Waals surface area contributed by atoms with E-state index in [1.807, 2.05) is 67.0 Å². The molecule has 1 amide bonds. The van der Waals surface area contributed by atoms with E-state index in [2.05, 4.69) is 27.1 Å². The van der Waals surface area contributed by atoms with E-state index in [9.17, 15) is 4.79 Å². The fraction of sp³-hybridized carbons (Fsp3) is 0.346. The normalized spacial score (nSPS) is 15.9. The highest BCUT2D eigenvalue weighted by molar-refractivity contribution is 5.79. The zero-order valence-corrected chi connectivity index (χ0v) is 18.5. The summed E-state index contributed by atoms with van der Waals surface area (Å²) in [6.07, 6.45) is 6.53. The minimum atomic E-state index is -0.0617. The number of hydrogen-bond acceptors (Lipinski definition) is 5. The molecule has 0 aliphatic carbocycles. The fourth-order valence-electron chi connectivity index (χ4n) is 3.89. The Labute approximate surface area is 189 Å².